The molecule has 27 heavy (non-hydrogen) atoms. The van der Waals surface area contributed by atoms with E-state index in [4.69, 9.17) is 9.47 Å². The second-order valence-corrected chi connectivity index (χ2v) is 7.09. The van der Waals surface area contributed by atoms with Crippen molar-refractivity contribution in [3.05, 3.63) is 23.8 Å². The van der Waals surface area contributed by atoms with Gasteiger partial charge in [0.15, 0.2) is 17.5 Å². The fourth-order valence-electron chi connectivity index (χ4n) is 3.51. The van der Waals surface area contributed by atoms with Crippen LogP contribution in [0.1, 0.15) is 31.2 Å². The number of methoxy groups -OCH3 is 2. The molecule has 0 spiro atoms. The van der Waals surface area contributed by atoms with Crippen molar-refractivity contribution in [2.24, 2.45) is 4.99 Å². The molecule has 1 fully saturated rings. The average molecular weight is 377 g/mol. The van der Waals surface area contributed by atoms with E-state index in [0.29, 0.717) is 0 Å². The monoisotopic (exact) mass is 376 g/mol. The smallest absolute Gasteiger partial charge is 0.193 e. The third kappa shape index (κ3) is 6.94. The zero-order chi connectivity index (χ0) is 19.5. The molecule has 2 rings (SSSR count). The van der Waals surface area contributed by atoms with Crippen LogP contribution < -0.4 is 14.8 Å². The van der Waals surface area contributed by atoms with Gasteiger partial charge in [-0.2, -0.15) is 0 Å². The lowest BCUT2D eigenvalue weighted by atomic mass is 10.1. The molecular formula is C21H36N4O2. The summed E-state index contributed by atoms with van der Waals surface area (Å²) in [5, 5.41) is 3.50. The standard InChI is InChI=1S/C21H36N4O2/c1-22-21(23-12-16-25-13-7-5-6-8-14-25)24(2)15-11-18-9-10-19(26-3)20(17-18)27-4/h9-10,17H,5-8,11-16H2,1-4H3,(H,22,23). The van der Waals surface area contributed by atoms with Crippen molar-refractivity contribution in [1.29, 1.82) is 0 Å². The Morgan fingerprint density at radius 3 is 2.44 bits per heavy atom. The number of likely N-dealkylation sites (N-methyl/N-ethyl adjacent to an activating group) is 1. The fourth-order valence-corrected chi connectivity index (χ4v) is 3.51. The molecule has 1 aromatic rings. The lowest BCUT2D eigenvalue weighted by Gasteiger charge is -2.24. The number of rotatable bonds is 8. The minimum atomic E-state index is 0.764. The maximum Gasteiger partial charge on any atom is 0.193 e. The molecule has 6 nitrogen and oxygen atoms in total. The van der Waals surface area contributed by atoms with Gasteiger partial charge in [0.05, 0.1) is 14.2 Å². The van der Waals surface area contributed by atoms with Crippen LogP contribution >= 0.6 is 0 Å². The van der Waals surface area contributed by atoms with Gasteiger partial charge in [-0.3, -0.25) is 4.99 Å². The van der Waals surface area contributed by atoms with Crippen LogP contribution in [0.15, 0.2) is 23.2 Å². The van der Waals surface area contributed by atoms with E-state index in [1.807, 2.05) is 19.2 Å². The first-order chi connectivity index (χ1) is 13.2. The lowest BCUT2D eigenvalue weighted by molar-refractivity contribution is 0.288. The summed E-state index contributed by atoms with van der Waals surface area (Å²) in [6, 6.07) is 6.09. The van der Waals surface area contributed by atoms with Crippen molar-refractivity contribution in [3.63, 3.8) is 0 Å². The third-order valence-electron chi connectivity index (χ3n) is 5.17. The molecule has 1 heterocycles. The van der Waals surface area contributed by atoms with Crippen molar-refractivity contribution in [3.8, 4) is 11.5 Å². The summed E-state index contributed by atoms with van der Waals surface area (Å²) in [5.74, 6) is 2.49. The minimum absolute atomic E-state index is 0.764. The van der Waals surface area contributed by atoms with E-state index in [2.05, 4.69) is 33.2 Å². The van der Waals surface area contributed by atoms with E-state index in [0.717, 1.165) is 43.5 Å². The van der Waals surface area contributed by atoms with Crippen molar-refractivity contribution in [1.82, 2.24) is 15.1 Å². The maximum atomic E-state index is 5.39. The predicted molar refractivity (Wildman–Crippen MR) is 112 cm³/mol. The normalized spacial score (nSPS) is 15.9. The molecule has 0 amide bonds. The van der Waals surface area contributed by atoms with Gasteiger partial charge in [0.25, 0.3) is 0 Å². The fraction of sp³-hybridized carbons (Fsp3) is 0.667. The van der Waals surface area contributed by atoms with Gasteiger partial charge in [-0.05, 0) is 50.0 Å². The van der Waals surface area contributed by atoms with E-state index in [1.54, 1.807) is 14.2 Å². The van der Waals surface area contributed by atoms with Crippen molar-refractivity contribution in [2.45, 2.75) is 32.1 Å². The maximum absolute atomic E-state index is 5.39. The summed E-state index contributed by atoms with van der Waals surface area (Å²) in [7, 11) is 7.26. The van der Waals surface area contributed by atoms with Gasteiger partial charge in [0, 0.05) is 33.7 Å². The highest BCUT2D eigenvalue weighted by atomic mass is 16.5. The van der Waals surface area contributed by atoms with Gasteiger partial charge in [0.2, 0.25) is 0 Å². The number of aliphatic imine (C=N–C) groups is 1. The molecule has 1 aliphatic rings. The number of benzene rings is 1. The molecule has 0 radical (unpaired) electrons. The molecule has 0 bridgehead atoms. The topological polar surface area (TPSA) is 49.3 Å². The number of guanidine groups is 1. The first-order valence-corrected chi connectivity index (χ1v) is 10.0. The van der Waals surface area contributed by atoms with Gasteiger partial charge < -0.3 is 24.6 Å². The van der Waals surface area contributed by atoms with Crippen molar-refractivity contribution < 1.29 is 9.47 Å². The highest BCUT2D eigenvalue weighted by Gasteiger charge is 2.11. The molecule has 152 valence electrons. The Labute approximate surface area is 164 Å². The van der Waals surface area contributed by atoms with E-state index >= 15 is 0 Å². The van der Waals surface area contributed by atoms with Gasteiger partial charge in [0.1, 0.15) is 0 Å². The number of hydrogen-bond acceptors (Lipinski definition) is 4. The summed E-state index contributed by atoms with van der Waals surface area (Å²) >= 11 is 0. The molecule has 1 saturated heterocycles. The largest absolute Gasteiger partial charge is 0.493 e. The van der Waals surface area contributed by atoms with E-state index in [1.165, 1.54) is 44.3 Å². The Balaban J connectivity index is 1.78. The number of hydrogen-bond donors (Lipinski definition) is 1. The van der Waals surface area contributed by atoms with Gasteiger partial charge in [-0.25, -0.2) is 0 Å². The number of nitrogens with one attached hydrogen (secondary N) is 1. The van der Waals surface area contributed by atoms with E-state index < -0.39 is 0 Å². The predicted octanol–water partition coefficient (Wildman–Crippen LogP) is 2.63. The Kier molecular flexibility index (Phi) is 9.25. The molecule has 0 unspecified atom stereocenters. The van der Waals surface area contributed by atoms with Crippen LogP contribution in [0, 0.1) is 0 Å². The molecule has 1 aliphatic heterocycles. The zero-order valence-corrected chi connectivity index (χ0v) is 17.5. The molecule has 0 aromatic heterocycles. The quantitative estimate of drug-likeness (QED) is 0.558. The van der Waals surface area contributed by atoms with E-state index in [-0.39, 0.29) is 0 Å². The molecule has 0 saturated carbocycles. The molecule has 0 atom stereocenters. The van der Waals surface area contributed by atoms with Crippen LogP contribution in [0.2, 0.25) is 0 Å². The van der Waals surface area contributed by atoms with Gasteiger partial charge in [-0.1, -0.05) is 18.9 Å². The molecule has 1 aromatic carbocycles. The minimum Gasteiger partial charge on any atom is -0.493 e. The second kappa shape index (κ2) is 11.7. The second-order valence-electron chi connectivity index (χ2n) is 7.09. The Bertz CT molecular complexity index is 584. The van der Waals surface area contributed by atoms with Crippen molar-refractivity contribution in [2.75, 3.05) is 61.0 Å². The molecule has 6 heteroatoms. The molecular weight excluding hydrogens is 340 g/mol. The van der Waals surface area contributed by atoms with E-state index in [9.17, 15) is 0 Å². The van der Waals surface area contributed by atoms with Gasteiger partial charge in [-0.15, -0.1) is 0 Å². The first-order valence-electron chi connectivity index (χ1n) is 10.0. The Hall–Kier alpha value is -1.95. The van der Waals surface area contributed by atoms with Crippen LogP contribution in [-0.2, 0) is 6.42 Å². The van der Waals surface area contributed by atoms with Crippen LogP contribution in [0.25, 0.3) is 0 Å². The molecule has 0 aliphatic carbocycles. The number of ether oxygens (including phenoxy) is 2. The van der Waals surface area contributed by atoms with Crippen LogP contribution in [0.4, 0.5) is 0 Å². The summed E-state index contributed by atoms with van der Waals surface area (Å²) in [6.45, 7) is 5.37. The number of nitrogens with zero attached hydrogens (tertiary/aromatic N) is 3. The average Bonchev–Trinajstić information content (AvgIpc) is 2.98. The summed E-state index contributed by atoms with van der Waals surface area (Å²) < 4.78 is 10.7. The Morgan fingerprint density at radius 2 is 1.81 bits per heavy atom. The third-order valence-corrected chi connectivity index (χ3v) is 5.17. The summed E-state index contributed by atoms with van der Waals surface area (Å²) in [5.41, 5.74) is 1.22. The zero-order valence-electron chi connectivity index (χ0n) is 17.5. The Morgan fingerprint density at radius 1 is 1.11 bits per heavy atom. The number of likely N-dealkylation sites (tertiary alicyclic amines) is 1. The van der Waals surface area contributed by atoms with Gasteiger partial charge >= 0.3 is 0 Å². The highest BCUT2D eigenvalue weighted by Crippen LogP contribution is 2.27. The van der Waals surface area contributed by atoms with Crippen LogP contribution in [-0.4, -0.2) is 76.8 Å². The SMILES string of the molecule is CN=C(NCCN1CCCCCC1)N(C)CCc1ccc(OC)c(OC)c1. The first kappa shape index (κ1) is 21.4. The van der Waals surface area contributed by atoms with Crippen LogP contribution in [0.5, 0.6) is 11.5 Å². The molecule has 1 N–H and O–H groups in total. The van der Waals surface area contributed by atoms with Crippen LogP contribution in [0.3, 0.4) is 0 Å². The summed E-state index contributed by atoms with van der Waals surface area (Å²) in [4.78, 5) is 9.18. The highest BCUT2D eigenvalue weighted by molar-refractivity contribution is 5.79. The lowest BCUT2D eigenvalue weighted by Crippen LogP contribution is -2.43. The summed E-state index contributed by atoms with van der Waals surface area (Å²) in [6.07, 6.45) is 6.35. The van der Waals surface area contributed by atoms with Crippen molar-refractivity contribution >= 4 is 5.96 Å².